The number of anilines is 1. The minimum atomic E-state index is -0.230. The maximum Gasteiger partial charge on any atom is 0.348 e. The van der Waals surface area contributed by atoms with Crippen LogP contribution in [0, 0.1) is 0 Å². The number of morpholine rings is 1. The van der Waals surface area contributed by atoms with Crippen LogP contribution in [0.25, 0.3) is 0 Å². The highest BCUT2D eigenvalue weighted by Crippen LogP contribution is 2.27. The van der Waals surface area contributed by atoms with Gasteiger partial charge in [-0.2, -0.15) is 0 Å². The molecule has 1 aliphatic rings. The lowest BCUT2D eigenvalue weighted by Gasteiger charge is -2.27. The lowest BCUT2D eigenvalue weighted by atomic mass is 10.4. The van der Waals surface area contributed by atoms with Crippen LogP contribution in [0.1, 0.15) is 16.6 Å². The average Bonchev–Trinajstić information content (AvgIpc) is 2.80. The molecular weight excluding hydrogens is 226 g/mol. The van der Waals surface area contributed by atoms with E-state index in [2.05, 4.69) is 4.90 Å². The van der Waals surface area contributed by atoms with Gasteiger partial charge in [-0.05, 0) is 19.1 Å². The number of rotatable bonds is 3. The molecule has 0 bridgehead atoms. The molecule has 2 heterocycles. The van der Waals surface area contributed by atoms with Crippen molar-refractivity contribution in [2.24, 2.45) is 0 Å². The Bertz CT molecular complexity index is 358. The van der Waals surface area contributed by atoms with E-state index in [1.807, 2.05) is 19.1 Å². The van der Waals surface area contributed by atoms with Crippen molar-refractivity contribution < 1.29 is 14.3 Å². The summed E-state index contributed by atoms with van der Waals surface area (Å²) in [6.45, 7) is 5.53. The molecule has 1 fully saturated rings. The monoisotopic (exact) mass is 241 g/mol. The van der Waals surface area contributed by atoms with Crippen molar-refractivity contribution in [3.05, 3.63) is 17.0 Å². The number of hydrogen-bond acceptors (Lipinski definition) is 5. The number of hydrogen-bond donors (Lipinski definition) is 0. The van der Waals surface area contributed by atoms with Gasteiger partial charge < -0.3 is 14.4 Å². The molecular formula is C11H15NO3S. The molecule has 0 aromatic carbocycles. The van der Waals surface area contributed by atoms with E-state index in [0.717, 1.165) is 31.3 Å². The normalized spacial score (nSPS) is 16.2. The molecule has 0 unspecified atom stereocenters. The summed E-state index contributed by atoms with van der Waals surface area (Å²) in [5.41, 5.74) is 0. The Morgan fingerprint density at radius 3 is 2.94 bits per heavy atom. The van der Waals surface area contributed by atoms with Gasteiger partial charge in [-0.25, -0.2) is 4.79 Å². The molecule has 0 spiro atoms. The third-order valence-electron chi connectivity index (χ3n) is 2.39. The molecule has 0 amide bonds. The van der Waals surface area contributed by atoms with Gasteiger partial charge in [0.2, 0.25) is 0 Å². The fourth-order valence-electron chi connectivity index (χ4n) is 1.59. The summed E-state index contributed by atoms with van der Waals surface area (Å²) in [6, 6.07) is 3.80. The smallest absolute Gasteiger partial charge is 0.348 e. The molecule has 2 rings (SSSR count). The second kappa shape index (κ2) is 5.32. The molecule has 1 saturated heterocycles. The molecule has 16 heavy (non-hydrogen) atoms. The first-order valence-electron chi connectivity index (χ1n) is 5.41. The third-order valence-corrected chi connectivity index (χ3v) is 3.52. The van der Waals surface area contributed by atoms with Crippen molar-refractivity contribution >= 4 is 22.3 Å². The van der Waals surface area contributed by atoms with Gasteiger partial charge in [-0.1, -0.05) is 0 Å². The van der Waals surface area contributed by atoms with E-state index in [1.165, 1.54) is 11.3 Å². The van der Waals surface area contributed by atoms with Gasteiger partial charge in [-0.3, -0.25) is 0 Å². The fourth-order valence-corrected chi connectivity index (χ4v) is 2.54. The fraction of sp³-hybridized carbons (Fsp3) is 0.545. The van der Waals surface area contributed by atoms with Crippen LogP contribution < -0.4 is 4.90 Å². The molecule has 0 N–H and O–H groups in total. The predicted octanol–water partition coefficient (Wildman–Crippen LogP) is 1.76. The third kappa shape index (κ3) is 2.54. The van der Waals surface area contributed by atoms with Gasteiger partial charge in [0.1, 0.15) is 4.88 Å². The van der Waals surface area contributed by atoms with Crippen molar-refractivity contribution in [2.45, 2.75) is 6.92 Å². The minimum Gasteiger partial charge on any atom is -0.462 e. The highest BCUT2D eigenvalue weighted by molar-refractivity contribution is 7.17. The second-order valence-electron chi connectivity index (χ2n) is 3.46. The van der Waals surface area contributed by atoms with E-state index < -0.39 is 0 Å². The van der Waals surface area contributed by atoms with Gasteiger partial charge in [0, 0.05) is 13.1 Å². The van der Waals surface area contributed by atoms with Crippen molar-refractivity contribution in [1.29, 1.82) is 0 Å². The first-order chi connectivity index (χ1) is 7.81. The van der Waals surface area contributed by atoms with Gasteiger partial charge in [-0.15, -0.1) is 11.3 Å². The highest BCUT2D eigenvalue weighted by Gasteiger charge is 2.16. The SMILES string of the molecule is CCOC(=O)c1ccc(N2CCOCC2)s1. The minimum absolute atomic E-state index is 0.230. The number of ether oxygens (including phenoxy) is 2. The van der Waals surface area contributed by atoms with Crippen LogP contribution in [0.2, 0.25) is 0 Å². The number of esters is 1. The summed E-state index contributed by atoms with van der Waals surface area (Å²) in [7, 11) is 0. The summed E-state index contributed by atoms with van der Waals surface area (Å²) in [6.07, 6.45) is 0. The molecule has 88 valence electrons. The highest BCUT2D eigenvalue weighted by atomic mass is 32.1. The van der Waals surface area contributed by atoms with Crippen LogP contribution in [0.15, 0.2) is 12.1 Å². The molecule has 1 aliphatic heterocycles. The summed E-state index contributed by atoms with van der Waals surface area (Å²) in [4.78, 5) is 14.4. The summed E-state index contributed by atoms with van der Waals surface area (Å²) < 4.78 is 10.2. The molecule has 5 heteroatoms. The second-order valence-corrected chi connectivity index (χ2v) is 4.52. The molecule has 1 aromatic rings. The maximum absolute atomic E-state index is 11.5. The largest absolute Gasteiger partial charge is 0.462 e. The number of thiophene rings is 1. The number of nitrogens with zero attached hydrogens (tertiary/aromatic N) is 1. The first kappa shape index (κ1) is 11.4. The van der Waals surface area contributed by atoms with Crippen LogP contribution in [0.3, 0.4) is 0 Å². The Morgan fingerprint density at radius 2 is 2.25 bits per heavy atom. The van der Waals surface area contributed by atoms with E-state index in [0.29, 0.717) is 11.5 Å². The predicted molar refractivity (Wildman–Crippen MR) is 63.3 cm³/mol. The van der Waals surface area contributed by atoms with E-state index in [-0.39, 0.29) is 5.97 Å². The standard InChI is InChI=1S/C11H15NO3S/c1-2-15-11(13)9-3-4-10(16-9)12-5-7-14-8-6-12/h3-4H,2,5-8H2,1H3. The van der Waals surface area contributed by atoms with Gasteiger partial charge in [0.15, 0.2) is 0 Å². The maximum atomic E-state index is 11.5. The van der Waals surface area contributed by atoms with Gasteiger partial charge >= 0.3 is 5.97 Å². The zero-order valence-electron chi connectivity index (χ0n) is 9.27. The van der Waals surface area contributed by atoms with E-state index >= 15 is 0 Å². The Morgan fingerprint density at radius 1 is 1.50 bits per heavy atom. The van der Waals surface area contributed by atoms with Crippen LogP contribution in [0.5, 0.6) is 0 Å². The lowest BCUT2D eigenvalue weighted by molar-refractivity contribution is 0.0532. The molecule has 0 saturated carbocycles. The van der Waals surface area contributed by atoms with Crippen LogP contribution in [-0.2, 0) is 9.47 Å². The van der Waals surface area contributed by atoms with E-state index in [9.17, 15) is 4.79 Å². The number of carbonyl (C=O) groups excluding carboxylic acids is 1. The van der Waals surface area contributed by atoms with Crippen LogP contribution in [0.4, 0.5) is 5.00 Å². The summed E-state index contributed by atoms with van der Waals surface area (Å²) in [5.74, 6) is -0.230. The summed E-state index contributed by atoms with van der Waals surface area (Å²) >= 11 is 1.48. The van der Waals surface area contributed by atoms with Crippen molar-refractivity contribution in [1.82, 2.24) is 0 Å². The van der Waals surface area contributed by atoms with Crippen molar-refractivity contribution in [3.63, 3.8) is 0 Å². The first-order valence-corrected chi connectivity index (χ1v) is 6.22. The average molecular weight is 241 g/mol. The summed E-state index contributed by atoms with van der Waals surface area (Å²) in [5, 5.41) is 1.12. The quantitative estimate of drug-likeness (QED) is 0.756. The Hall–Kier alpha value is -1.07. The van der Waals surface area contributed by atoms with E-state index in [1.54, 1.807) is 0 Å². The Labute approximate surface area is 98.8 Å². The zero-order chi connectivity index (χ0) is 11.4. The molecule has 0 atom stereocenters. The molecule has 0 radical (unpaired) electrons. The van der Waals surface area contributed by atoms with Gasteiger partial charge in [0.25, 0.3) is 0 Å². The lowest BCUT2D eigenvalue weighted by Crippen LogP contribution is -2.35. The van der Waals surface area contributed by atoms with Crippen molar-refractivity contribution in [3.8, 4) is 0 Å². The van der Waals surface area contributed by atoms with E-state index in [4.69, 9.17) is 9.47 Å². The van der Waals surface area contributed by atoms with Crippen LogP contribution >= 0.6 is 11.3 Å². The van der Waals surface area contributed by atoms with Crippen molar-refractivity contribution in [2.75, 3.05) is 37.8 Å². The Kier molecular flexibility index (Phi) is 3.79. The number of carbonyl (C=O) groups is 1. The molecule has 1 aromatic heterocycles. The van der Waals surface area contributed by atoms with Crippen LogP contribution in [-0.4, -0.2) is 38.9 Å². The topological polar surface area (TPSA) is 38.8 Å². The zero-order valence-corrected chi connectivity index (χ0v) is 10.1. The Balaban J connectivity index is 2.03. The van der Waals surface area contributed by atoms with Gasteiger partial charge in [0.05, 0.1) is 24.8 Å². The molecule has 0 aliphatic carbocycles. The molecule has 4 nitrogen and oxygen atoms in total.